The quantitative estimate of drug-likeness (QED) is 0.544. The Labute approximate surface area is 155 Å². The molecule has 0 spiro atoms. The van der Waals surface area contributed by atoms with Gasteiger partial charge in [0, 0.05) is 6.07 Å². The molecule has 0 atom stereocenters. The highest BCUT2D eigenvalue weighted by Crippen LogP contribution is 2.17. The molecule has 2 amide bonds. The average molecular weight is 383 g/mol. The monoisotopic (exact) mass is 383 g/mol. The van der Waals surface area contributed by atoms with Gasteiger partial charge in [-0.1, -0.05) is 0 Å². The number of carbonyl (C=O) groups excluding carboxylic acids is 2. The van der Waals surface area contributed by atoms with Crippen molar-refractivity contribution in [1.29, 1.82) is 0 Å². The number of halogens is 1. The van der Waals surface area contributed by atoms with Gasteiger partial charge in [-0.05, 0) is 46.8 Å². The van der Waals surface area contributed by atoms with Crippen LogP contribution >= 0.6 is 0 Å². The molecule has 27 heavy (non-hydrogen) atoms. The summed E-state index contributed by atoms with van der Waals surface area (Å²) in [5.41, 5.74) is -1.39. The summed E-state index contributed by atoms with van der Waals surface area (Å²) in [7, 11) is 0. The molecule has 10 heteroatoms. The summed E-state index contributed by atoms with van der Waals surface area (Å²) in [6.07, 6.45) is -2.24. The molecule has 9 nitrogen and oxygen atoms in total. The third kappa shape index (κ3) is 8.17. The molecule has 0 saturated heterocycles. The molecule has 0 heterocycles. The fourth-order valence-electron chi connectivity index (χ4n) is 1.70. The maximum atomic E-state index is 13.8. The smallest absolute Gasteiger partial charge is 0.414 e. The summed E-state index contributed by atoms with van der Waals surface area (Å²) >= 11 is 0. The number of guanidine groups is 1. The zero-order valence-electron chi connectivity index (χ0n) is 15.6. The summed E-state index contributed by atoms with van der Waals surface area (Å²) < 4.78 is 23.8. The van der Waals surface area contributed by atoms with Crippen LogP contribution in [0.3, 0.4) is 0 Å². The molecule has 0 aliphatic rings. The molecule has 1 rings (SSSR count). The first-order chi connectivity index (χ1) is 12.4. The van der Waals surface area contributed by atoms with Crippen molar-refractivity contribution >= 4 is 29.8 Å². The fraction of sp³-hybridized carbons (Fsp3) is 0.412. The van der Waals surface area contributed by atoms with Gasteiger partial charge in [0.25, 0.3) is 0 Å². The van der Waals surface area contributed by atoms with Crippen molar-refractivity contribution in [2.45, 2.75) is 46.3 Å². The number of carbonyl (C=O) groups is 3. The fourth-order valence-corrected chi connectivity index (χ4v) is 1.70. The van der Waals surface area contributed by atoms with E-state index in [1.165, 1.54) is 6.07 Å². The second-order valence-corrected chi connectivity index (χ2v) is 6.64. The van der Waals surface area contributed by atoms with Crippen molar-refractivity contribution in [3.05, 3.63) is 29.6 Å². The molecule has 0 bridgehead atoms. The molecule has 148 valence electrons. The predicted molar refractivity (Wildman–Crippen MR) is 94.6 cm³/mol. The van der Waals surface area contributed by atoms with Crippen LogP contribution in [0.15, 0.2) is 23.2 Å². The number of nitrogens with one attached hydrogen (secondary N) is 2. The van der Waals surface area contributed by atoms with Crippen molar-refractivity contribution < 1.29 is 33.4 Å². The van der Waals surface area contributed by atoms with E-state index in [0.717, 1.165) is 12.1 Å². The molecular formula is C17H22FN3O6. The number of nitrogens with zero attached hydrogens (tertiary/aromatic N) is 1. The Bertz CT molecular complexity index is 756. The number of carboxylic acids is 1. The van der Waals surface area contributed by atoms with E-state index < -0.39 is 41.2 Å². The van der Waals surface area contributed by atoms with Gasteiger partial charge in [-0.25, -0.2) is 23.8 Å². The summed E-state index contributed by atoms with van der Waals surface area (Å²) in [6, 6.07) is 3.06. The number of aliphatic imine (C=N–C) groups is 1. The van der Waals surface area contributed by atoms with Crippen LogP contribution in [0.4, 0.5) is 19.7 Å². The van der Waals surface area contributed by atoms with Crippen molar-refractivity contribution in [2.24, 2.45) is 4.99 Å². The predicted octanol–water partition coefficient (Wildman–Crippen LogP) is 3.17. The maximum Gasteiger partial charge on any atom is 0.414 e. The highest BCUT2D eigenvalue weighted by molar-refractivity contribution is 6.02. The number of hydrogen-bond donors (Lipinski definition) is 3. The number of rotatable bonds is 3. The van der Waals surface area contributed by atoms with Crippen LogP contribution in [0.25, 0.3) is 0 Å². The third-order valence-electron chi connectivity index (χ3n) is 2.61. The minimum Gasteiger partial charge on any atom is -0.478 e. The number of carboxylic acid groups (broad SMARTS) is 1. The lowest BCUT2D eigenvalue weighted by Gasteiger charge is -2.20. The highest BCUT2D eigenvalue weighted by atomic mass is 19.1. The van der Waals surface area contributed by atoms with Gasteiger partial charge < -0.3 is 14.6 Å². The SMILES string of the molecule is CC(C)OC(=O)NC(=Nc1ccc(C(=O)O)c(F)c1)NC(=O)OC(C)(C)C. The minimum atomic E-state index is -1.44. The van der Waals surface area contributed by atoms with Gasteiger partial charge in [-0.2, -0.15) is 0 Å². The molecule has 0 fully saturated rings. The van der Waals surface area contributed by atoms with E-state index in [0.29, 0.717) is 0 Å². The van der Waals surface area contributed by atoms with Crippen LogP contribution in [0, 0.1) is 5.82 Å². The molecule has 0 unspecified atom stereocenters. The lowest BCUT2D eigenvalue weighted by atomic mass is 10.2. The normalized spacial score (nSPS) is 11.7. The first-order valence-corrected chi connectivity index (χ1v) is 7.96. The van der Waals surface area contributed by atoms with Gasteiger partial charge in [-0.15, -0.1) is 0 Å². The van der Waals surface area contributed by atoms with E-state index in [4.69, 9.17) is 14.6 Å². The molecular weight excluding hydrogens is 361 g/mol. The van der Waals surface area contributed by atoms with Crippen LogP contribution in [-0.4, -0.2) is 40.9 Å². The van der Waals surface area contributed by atoms with E-state index in [9.17, 15) is 18.8 Å². The van der Waals surface area contributed by atoms with Gasteiger partial charge in [0.05, 0.1) is 17.4 Å². The molecule has 3 N–H and O–H groups in total. The Kier molecular flexibility index (Phi) is 7.26. The highest BCUT2D eigenvalue weighted by Gasteiger charge is 2.19. The summed E-state index contributed by atoms with van der Waals surface area (Å²) in [5.74, 6) is -2.84. The van der Waals surface area contributed by atoms with E-state index in [2.05, 4.69) is 15.6 Å². The van der Waals surface area contributed by atoms with E-state index >= 15 is 0 Å². The molecule has 1 aromatic rings. The average Bonchev–Trinajstić information content (AvgIpc) is 2.43. The molecule has 1 aromatic carbocycles. The number of alkyl carbamates (subject to hydrolysis) is 2. The lowest BCUT2D eigenvalue weighted by molar-refractivity contribution is 0.0560. The van der Waals surface area contributed by atoms with Crippen LogP contribution in [0.2, 0.25) is 0 Å². The van der Waals surface area contributed by atoms with Crippen LogP contribution in [-0.2, 0) is 9.47 Å². The Morgan fingerprint density at radius 3 is 2.22 bits per heavy atom. The number of amides is 2. The van der Waals surface area contributed by atoms with E-state index in [1.54, 1.807) is 34.6 Å². The molecule has 0 saturated carbocycles. The van der Waals surface area contributed by atoms with Crippen molar-refractivity contribution in [2.75, 3.05) is 0 Å². The van der Waals surface area contributed by atoms with Crippen LogP contribution in [0.1, 0.15) is 45.0 Å². The Balaban J connectivity index is 3.10. The maximum absolute atomic E-state index is 13.8. The van der Waals surface area contributed by atoms with Crippen molar-refractivity contribution in [3.8, 4) is 0 Å². The van der Waals surface area contributed by atoms with Crippen molar-refractivity contribution in [1.82, 2.24) is 10.6 Å². The zero-order chi connectivity index (χ0) is 20.8. The summed E-state index contributed by atoms with van der Waals surface area (Å²) in [6.45, 7) is 8.17. The van der Waals surface area contributed by atoms with E-state index in [-0.39, 0.29) is 11.6 Å². The third-order valence-corrected chi connectivity index (χ3v) is 2.61. The number of aromatic carboxylic acids is 1. The molecule has 0 aliphatic heterocycles. The molecule has 0 aliphatic carbocycles. The largest absolute Gasteiger partial charge is 0.478 e. The standard InChI is InChI=1S/C17H22FN3O6/c1-9(2)26-15(24)20-14(21-16(25)27-17(3,4)5)19-10-6-7-11(13(22)23)12(18)8-10/h6-9H,1-5H3,(H,22,23)(H2,19,20,21,24,25). The Morgan fingerprint density at radius 1 is 1.15 bits per heavy atom. The second kappa shape index (κ2) is 8.97. The van der Waals surface area contributed by atoms with Gasteiger partial charge >= 0.3 is 18.2 Å². The van der Waals surface area contributed by atoms with Gasteiger partial charge in [0.1, 0.15) is 11.4 Å². The number of benzene rings is 1. The Morgan fingerprint density at radius 2 is 1.74 bits per heavy atom. The Hall–Kier alpha value is -3.17. The zero-order valence-corrected chi connectivity index (χ0v) is 15.6. The first-order valence-electron chi connectivity index (χ1n) is 7.96. The van der Waals surface area contributed by atoms with Crippen LogP contribution < -0.4 is 10.6 Å². The summed E-state index contributed by atoms with van der Waals surface area (Å²) in [5, 5.41) is 13.3. The first kappa shape index (κ1) is 21.9. The van der Waals surface area contributed by atoms with Gasteiger partial charge in [0.2, 0.25) is 5.96 Å². The number of hydrogen-bond acceptors (Lipinski definition) is 6. The van der Waals surface area contributed by atoms with Gasteiger partial charge in [-0.3, -0.25) is 10.6 Å². The van der Waals surface area contributed by atoms with E-state index in [1.807, 2.05) is 0 Å². The van der Waals surface area contributed by atoms with Crippen LogP contribution in [0.5, 0.6) is 0 Å². The van der Waals surface area contributed by atoms with Crippen molar-refractivity contribution in [3.63, 3.8) is 0 Å². The minimum absolute atomic E-state index is 0.0478. The molecule has 0 radical (unpaired) electrons. The van der Waals surface area contributed by atoms with Gasteiger partial charge in [0.15, 0.2) is 0 Å². The lowest BCUT2D eigenvalue weighted by Crippen LogP contribution is -2.46. The molecule has 0 aromatic heterocycles. The second-order valence-electron chi connectivity index (χ2n) is 6.64. The summed E-state index contributed by atoms with van der Waals surface area (Å²) in [4.78, 5) is 38.4. The topological polar surface area (TPSA) is 126 Å². The number of ether oxygens (including phenoxy) is 2.